The van der Waals surface area contributed by atoms with Crippen molar-refractivity contribution >= 4 is 29.8 Å². The van der Waals surface area contributed by atoms with E-state index in [4.69, 9.17) is 14.2 Å². The summed E-state index contributed by atoms with van der Waals surface area (Å²) < 4.78 is 15.9. The number of urea groups is 1. The number of methoxy groups -OCH3 is 2. The van der Waals surface area contributed by atoms with E-state index in [-0.39, 0.29) is 29.4 Å². The van der Waals surface area contributed by atoms with E-state index >= 15 is 0 Å². The summed E-state index contributed by atoms with van der Waals surface area (Å²) in [4.78, 5) is 38.7. The minimum absolute atomic E-state index is 0.0452. The van der Waals surface area contributed by atoms with Crippen LogP contribution in [0.2, 0.25) is 0 Å². The van der Waals surface area contributed by atoms with Crippen molar-refractivity contribution in [3.8, 4) is 17.2 Å². The Morgan fingerprint density at radius 2 is 1.87 bits per heavy atom. The molecule has 0 saturated carbocycles. The first-order chi connectivity index (χ1) is 18.7. The average molecular weight is 540 g/mol. The molecule has 0 unspecified atom stereocenters. The Kier molecular flexibility index (Phi) is 9.74. The normalized spacial score (nSPS) is 14.9. The summed E-state index contributed by atoms with van der Waals surface area (Å²) >= 11 is 0. The minimum atomic E-state index is -0.774. The van der Waals surface area contributed by atoms with Gasteiger partial charge in [-0.2, -0.15) is 5.10 Å². The number of hydrogen-bond donors (Lipinski definition) is 4. The van der Waals surface area contributed by atoms with E-state index in [9.17, 15) is 19.5 Å². The topological polar surface area (TPSA) is 151 Å². The second-order valence-corrected chi connectivity index (χ2v) is 8.47. The Morgan fingerprint density at radius 1 is 1.13 bits per heavy atom. The highest BCUT2D eigenvalue weighted by molar-refractivity contribution is 5.95. The number of allylic oxidation sites excluding steroid dienone is 1. The molecule has 39 heavy (non-hydrogen) atoms. The summed E-state index contributed by atoms with van der Waals surface area (Å²) in [5, 5.41) is 19.4. The first-order valence-corrected chi connectivity index (χ1v) is 12.3. The van der Waals surface area contributed by atoms with Gasteiger partial charge < -0.3 is 34.9 Å². The minimum Gasteiger partial charge on any atom is -0.507 e. The van der Waals surface area contributed by atoms with Crippen LogP contribution in [0.3, 0.4) is 0 Å². The second-order valence-electron chi connectivity index (χ2n) is 8.47. The molecular formula is C27H33N5O7. The highest BCUT2D eigenvalue weighted by atomic mass is 16.5. The third-order valence-electron chi connectivity index (χ3n) is 6.09. The molecule has 1 heterocycles. The molecule has 0 aliphatic carbocycles. The molecule has 12 heteroatoms. The van der Waals surface area contributed by atoms with Gasteiger partial charge in [0.2, 0.25) is 0 Å². The fourth-order valence-corrected chi connectivity index (χ4v) is 4.08. The third kappa shape index (κ3) is 6.98. The van der Waals surface area contributed by atoms with Crippen LogP contribution in [-0.4, -0.2) is 63.1 Å². The van der Waals surface area contributed by atoms with Gasteiger partial charge in [-0.05, 0) is 50.6 Å². The predicted molar refractivity (Wildman–Crippen MR) is 145 cm³/mol. The Morgan fingerprint density at radius 3 is 2.51 bits per heavy atom. The Hall–Kier alpha value is -4.74. The highest BCUT2D eigenvalue weighted by Crippen LogP contribution is 2.34. The van der Waals surface area contributed by atoms with Gasteiger partial charge in [-0.1, -0.05) is 6.07 Å². The van der Waals surface area contributed by atoms with Crippen LogP contribution in [0.15, 0.2) is 52.8 Å². The van der Waals surface area contributed by atoms with Crippen molar-refractivity contribution < 1.29 is 33.7 Å². The van der Waals surface area contributed by atoms with Crippen LogP contribution in [0.1, 0.15) is 37.9 Å². The molecule has 3 amide bonds. The second kappa shape index (κ2) is 13.2. The van der Waals surface area contributed by atoms with Gasteiger partial charge in [0.25, 0.3) is 5.91 Å². The molecule has 1 aliphatic heterocycles. The third-order valence-corrected chi connectivity index (χ3v) is 6.09. The van der Waals surface area contributed by atoms with Crippen LogP contribution in [0.5, 0.6) is 17.2 Å². The lowest BCUT2D eigenvalue weighted by molar-refractivity contribution is -0.136. The fraction of sp³-hybridized carbons (Fsp3) is 0.333. The van der Waals surface area contributed by atoms with E-state index in [0.717, 1.165) is 18.8 Å². The fourth-order valence-electron chi connectivity index (χ4n) is 4.08. The molecular weight excluding hydrogens is 506 g/mol. The van der Waals surface area contributed by atoms with Crippen molar-refractivity contribution in [3.05, 3.63) is 58.8 Å². The molecule has 0 fully saturated rings. The van der Waals surface area contributed by atoms with E-state index in [2.05, 4.69) is 26.1 Å². The number of nitrogens with one attached hydrogen (secondary N) is 3. The number of aromatic hydroxyl groups is 1. The molecule has 2 aromatic carbocycles. The van der Waals surface area contributed by atoms with Crippen molar-refractivity contribution in [1.82, 2.24) is 16.1 Å². The largest absolute Gasteiger partial charge is 0.507 e. The molecule has 3 rings (SSSR count). The molecule has 1 atom stereocenters. The lowest BCUT2D eigenvalue weighted by Crippen LogP contribution is -2.45. The summed E-state index contributed by atoms with van der Waals surface area (Å²) in [6, 6.07) is 8.81. The first kappa shape index (κ1) is 28.8. The molecule has 0 saturated heterocycles. The number of ether oxygens (including phenoxy) is 3. The van der Waals surface area contributed by atoms with Crippen LogP contribution in [0.25, 0.3) is 0 Å². The molecule has 0 bridgehead atoms. The van der Waals surface area contributed by atoms with Crippen LogP contribution < -0.4 is 30.4 Å². The summed E-state index contributed by atoms with van der Waals surface area (Å²) in [6.45, 7) is 6.93. The van der Waals surface area contributed by atoms with E-state index in [1.54, 1.807) is 37.3 Å². The number of benzene rings is 2. The number of phenols is 1. The van der Waals surface area contributed by atoms with Gasteiger partial charge in [0, 0.05) is 36.1 Å². The van der Waals surface area contributed by atoms with E-state index in [1.165, 1.54) is 20.4 Å². The standard InChI is InChI=1S/C27H33N5O7/c1-6-32(7-2)19-10-8-18(20(33)13-19)14-28-31-23(34)15-39-21-11-9-17(12-22(21)37-4)25-24(26(35)38-5)16(3)29-27(36)30-25/h8-14,25,33H,6-7,15H2,1-5H3,(H,31,34)(H2,29,30,36)/b28-14-/t25-/m0/s1. The quantitative estimate of drug-likeness (QED) is 0.193. The molecule has 208 valence electrons. The Labute approximate surface area is 226 Å². The Bertz CT molecular complexity index is 1290. The Balaban J connectivity index is 1.65. The number of carbonyl (C=O) groups excluding carboxylic acids is 3. The zero-order valence-electron chi connectivity index (χ0n) is 22.5. The first-order valence-electron chi connectivity index (χ1n) is 12.3. The van der Waals surface area contributed by atoms with Gasteiger partial charge in [0.05, 0.1) is 32.0 Å². The van der Waals surface area contributed by atoms with Crippen molar-refractivity contribution in [1.29, 1.82) is 0 Å². The van der Waals surface area contributed by atoms with Gasteiger partial charge in [0.1, 0.15) is 5.75 Å². The van der Waals surface area contributed by atoms with Gasteiger partial charge in [0.15, 0.2) is 18.1 Å². The lowest BCUT2D eigenvalue weighted by Gasteiger charge is -2.28. The monoisotopic (exact) mass is 539 g/mol. The summed E-state index contributed by atoms with van der Waals surface area (Å²) in [5.41, 5.74) is 4.87. The van der Waals surface area contributed by atoms with Gasteiger partial charge in [-0.25, -0.2) is 15.0 Å². The highest BCUT2D eigenvalue weighted by Gasteiger charge is 2.32. The van der Waals surface area contributed by atoms with Gasteiger partial charge in [-0.15, -0.1) is 0 Å². The number of anilines is 1. The number of hydrogen-bond acceptors (Lipinski definition) is 9. The molecule has 0 spiro atoms. The predicted octanol–water partition coefficient (Wildman–Crippen LogP) is 2.58. The smallest absolute Gasteiger partial charge is 0.337 e. The summed E-state index contributed by atoms with van der Waals surface area (Å²) in [7, 11) is 2.69. The number of nitrogens with zero attached hydrogens (tertiary/aromatic N) is 2. The zero-order chi connectivity index (χ0) is 28.5. The van der Waals surface area contributed by atoms with Crippen LogP contribution in [-0.2, 0) is 14.3 Å². The number of carbonyl (C=O) groups is 3. The van der Waals surface area contributed by atoms with Crippen molar-refractivity contribution in [3.63, 3.8) is 0 Å². The maximum atomic E-state index is 12.3. The summed E-state index contributed by atoms with van der Waals surface area (Å²) in [6.07, 6.45) is 1.34. The zero-order valence-corrected chi connectivity index (χ0v) is 22.5. The molecule has 4 N–H and O–H groups in total. The van der Waals surface area contributed by atoms with Crippen LogP contribution in [0.4, 0.5) is 10.5 Å². The lowest BCUT2D eigenvalue weighted by atomic mass is 9.95. The van der Waals surface area contributed by atoms with E-state index in [1.807, 2.05) is 19.9 Å². The SMILES string of the molecule is CCN(CC)c1ccc(/C=N\NC(=O)COc2ccc([C@@H]3NC(=O)NC(C)=C3C(=O)OC)cc2OC)c(O)c1. The molecule has 1 aliphatic rings. The van der Waals surface area contributed by atoms with Crippen LogP contribution >= 0.6 is 0 Å². The molecule has 12 nitrogen and oxygen atoms in total. The van der Waals surface area contributed by atoms with Crippen molar-refractivity contribution in [2.45, 2.75) is 26.8 Å². The molecule has 2 aromatic rings. The van der Waals surface area contributed by atoms with Crippen LogP contribution in [0, 0.1) is 0 Å². The van der Waals surface area contributed by atoms with Gasteiger partial charge >= 0.3 is 12.0 Å². The number of rotatable bonds is 11. The maximum Gasteiger partial charge on any atom is 0.337 e. The van der Waals surface area contributed by atoms with E-state index < -0.39 is 23.9 Å². The number of amides is 3. The molecule has 0 radical (unpaired) electrons. The molecule has 0 aromatic heterocycles. The number of esters is 1. The number of hydrazone groups is 1. The average Bonchev–Trinajstić information content (AvgIpc) is 2.92. The summed E-state index contributed by atoms with van der Waals surface area (Å²) in [5.74, 6) is -0.519. The maximum absolute atomic E-state index is 12.3. The van der Waals surface area contributed by atoms with Crippen molar-refractivity contribution in [2.24, 2.45) is 5.10 Å². The van der Waals surface area contributed by atoms with Gasteiger partial charge in [-0.3, -0.25) is 4.79 Å². The van der Waals surface area contributed by atoms with Crippen molar-refractivity contribution in [2.75, 3.05) is 38.8 Å². The van der Waals surface area contributed by atoms with E-state index in [0.29, 0.717) is 16.8 Å². The number of phenolic OH excluding ortho intramolecular Hbond substituents is 1.